The van der Waals surface area contributed by atoms with Gasteiger partial charge in [0.15, 0.2) is 0 Å². The van der Waals surface area contributed by atoms with Crippen LogP contribution in [0.25, 0.3) is 0 Å². The number of aromatic nitrogens is 1. The van der Waals surface area contributed by atoms with Crippen LogP contribution in [0.15, 0.2) is 35.4 Å². The Morgan fingerprint density at radius 3 is 2.00 bits per heavy atom. The largest absolute Gasteiger partial charge is 0.417 e. The average molecular weight is 413 g/mol. The van der Waals surface area contributed by atoms with Crippen LogP contribution in [0.5, 0.6) is 0 Å². The van der Waals surface area contributed by atoms with E-state index in [1.807, 2.05) is 19.1 Å². The second kappa shape index (κ2) is 7.36. The van der Waals surface area contributed by atoms with E-state index < -0.39 is 21.8 Å². The smallest absolute Gasteiger partial charge is 0.354 e. The van der Waals surface area contributed by atoms with Crippen molar-refractivity contribution in [2.45, 2.75) is 31.8 Å². The number of hydrogen-bond donors (Lipinski definition) is 0. The van der Waals surface area contributed by atoms with Crippen molar-refractivity contribution in [2.75, 3.05) is 31.1 Å². The number of pyridine rings is 1. The normalized spacial score (nSPS) is 16.4. The molecule has 1 aromatic carbocycles. The zero-order chi connectivity index (χ0) is 20.7. The lowest BCUT2D eigenvalue weighted by Gasteiger charge is -2.35. The van der Waals surface area contributed by atoms with Crippen LogP contribution in [0.3, 0.4) is 0 Å². The lowest BCUT2D eigenvalue weighted by Crippen LogP contribution is -2.49. The van der Waals surface area contributed by atoms with Gasteiger partial charge in [-0.1, -0.05) is 17.7 Å². The van der Waals surface area contributed by atoms with E-state index in [1.165, 1.54) is 10.4 Å². The molecule has 1 aliphatic heterocycles. The van der Waals surface area contributed by atoms with Gasteiger partial charge in [-0.05, 0) is 44.0 Å². The Morgan fingerprint density at radius 1 is 0.964 bits per heavy atom. The van der Waals surface area contributed by atoms with Crippen molar-refractivity contribution in [3.8, 4) is 0 Å². The van der Waals surface area contributed by atoms with Crippen molar-refractivity contribution < 1.29 is 21.6 Å². The van der Waals surface area contributed by atoms with Gasteiger partial charge in [-0.15, -0.1) is 0 Å². The zero-order valence-electron chi connectivity index (χ0n) is 15.9. The topological polar surface area (TPSA) is 53.5 Å². The summed E-state index contributed by atoms with van der Waals surface area (Å²) in [4.78, 5) is 6.02. The maximum Gasteiger partial charge on any atom is 0.417 e. The van der Waals surface area contributed by atoms with Gasteiger partial charge in [0.25, 0.3) is 0 Å². The summed E-state index contributed by atoms with van der Waals surface area (Å²) >= 11 is 0. The highest BCUT2D eigenvalue weighted by molar-refractivity contribution is 7.89. The molecule has 0 radical (unpaired) electrons. The second-order valence-electron chi connectivity index (χ2n) is 7.02. The number of rotatable bonds is 3. The van der Waals surface area contributed by atoms with Gasteiger partial charge in [0, 0.05) is 32.4 Å². The molecule has 0 spiro atoms. The SMILES string of the molecule is Cc1cc(C)c(S(=O)(=O)N2CCN(c3ccc(C(F)(F)F)cn3)CC2)c(C)c1. The number of anilines is 1. The summed E-state index contributed by atoms with van der Waals surface area (Å²) in [5, 5.41) is 0. The highest BCUT2D eigenvalue weighted by atomic mass is 32.2. The van der Waals surface area contributed by atoms with E-state index in [0.29, 0.717) is 34.9 Å². The number of hydrogen-bond acceptors (Lipinski definition) is 4. The maximum atomic E-state index is 13.1. The first-order chi connectivity index (χ1) is 13.0. The van der Waals surface area contributed by atoms with Gasteiger partial charge in [0.2, 0.25) is 10.0 Å². The van der Waals surface area contributed by atoms with Crippen molar-refractivity contribution in [2.24, 2.45) is 0 Å². The lowest BCUT2D eigenvalue weighted by molar-refractivity contribution is -0.137. The molecule has 0 atom stereocenters. The summed E-state index contributed by atoms with van der Waals surface area (Å²) in [6.45, 7) is 6.72. The number of alkyl halides is 3. The van der Waals surface area contributed by atoms with E-state index in [2.05, 4.69) is 4.98 Å². The third-order valence-corrected chi connectivity index (χ3v) is 7.05. The molecule has 0 bridgehead atoms. The molecule has 0 amide bonds. The van der Waals surface area contributed by atoms with Crippen molar-refractivity contribution in [1.29, 1.82) is 0 Å². The third-order valence-electron chi connectivity index (χ3n) is 4.84. The van der Waals surface area contributed by atoms with Crippen LogP contribution in [0.2, 0.25) is 0 Å². The molecule has 0 unspecified atom stereocenters. The van der Waals surface area contributed by atoms with Crippen LogP contribution in [-0.2, 0) is 16.2 Å². The quantitative estimate of drug-likeness (QED) is 0.773. The first-order valence-corrected chi connectivity index (χ1v) is 10.3. The minimum Gasteiger partial charge on any atom is -0.354 e. The third kappa shape index (κ3) is 4.00. The lowest BCUT2D eigenvalue weighted by atomic mass is 10.1. The molecule has 3 rings (SSSR count). The standard InChI is InChI=1S/C19H22F3N3O2S/c1-13-10-14(2)18(15(3)11-13)28(26,27)25-8-6-24(7-9-25)17-5-4-16(12-23-17)19(20,21)22/h4-5,10-12H,6-9H2,1-3H3. The molecule has 0 aliphatic carbocycles. The monoisotopic (exact) mass is 413 g/mol. The summed E-state index contributed by atoms with van der Waals surface area (Å²) < 4.78 is 65.6. The highest BCUT2D eigenvalue weighted by Gasteiger charge is 2.33. The molecule has 1 fully saturated rings. The molecule has 28 heavy (non-hydrogen) atoms. The Kier molecular flexibility index (Phi) is 5.42. The summed E-state index contributed by atoms with van der Waals surface area (Å²) in [7, 11) is -3.63. The summed E-state index contributed by atoms with van der Waals surface area (Å²) in [5.41, 5.74) is 1.63. The molecule has 1 aliphatic rings. The van der Waals surface area contributed by atoms with E-state index in [4.69, 9.17) is 0 Å². The molecule has 2 heterocycles. The van der Waals surface area contributed by atoms with E-state index in [9.17, 15) is 21.6 Å². The predicted molar refractivity (Wildman–Crippen MR) is 101 cm³/mol. The molecular weight excluding hydrogens is 391 g/mol. The minimum absolute atomic E-state index is 0.248. The highest BCUT2D eigenvalue weighted by Crippen LogP contribution is 2.30. The van der Waals surface area contributed by atoms with Crippen molar-refractivity contribution in [3.63, 3.8) is 0 Å². The van der Waals surface area contributed by atoms with Crippen LogP contribution in [0, 0.1) is 20.8 Å². The van der Waals surface area contributed by atoms with Gasteiger partial charge in [0.1, 0.15) is 5.82 Å². The van der Waals surface area contributed by atoms with Gasteiger partial charge in [0.05, 0.1) is 10.5 Å². The van der Waals surface area contributed by atoms with Crippen LogP contribution in [0.1, 0.15) is 22.3 Å². The average Bonchev–Trinajstić information content (AvgIpc) is 2.60. The number of halogens is 3. The van der Waals surface area contributed by atoms with Crippen LogP contribution in [-0.4, -0.2) is 43.9 Å². The number of aryl methyl sites for hydroxylation is 3. The molecule has 0 N–H and O–H groups in total. The fourth-order valence-corrected chi connectivity index (χ4v) is 5.43. The predicted octanol–water partition coefficient (Wildman–Crippen LogP) is 3.54. The number of nitrogens with zero attached hydrogens (tertiary/aromatic N) is 3. The molecule has 1 aromatic heterocycles. The fourth-order valence-electron chi connectivity index (χ4n) is 3.60. The van der Waals surface area contributed by atoms with Crippen molar-refractivity contribution >= 4 is 15.8 Å². The van der Waals surface area contributed by atoms with Gasteiger partial charge in [-0.25, -0.2) is 13.4 Å². The number of benzene rings is 1. The van der Waals surface area contributed by atoms with E-state index >= 15 is 0 Å². The Labute approximate surface area is 162 Å². The minimum atomic E-state index is -4.43. The van der Waals surface area contributed by atoms with Gasteiger partial charge >= 0.3 is 6.18 Å². The molecule has 0 saturated carbocycles. The van der Waals surface area contributed by atoms with Crippen LogP contribution < -0.4 is 4.90 Å². The zero-order valence-corrected chi connectivity index (χ0v) is 16.7. The van der Waals surface area contributed by atoms with Crippen LogP contribution >= 0.6 is 0 Å². The second-order valence-corrected chi connectivity index (χ2v) is 8.90. The van der Waals surface area contributed by atoms with Gasteiger partial charge in [-0.2, -0.15) is 17.5 Å². The summed E-state index contributed by atoms with van der Waals surface area (Å²) in [6.07, 6.45) is -3.63. The molecule has 5 nitrogen and oxygen atoms in total. The molecule has 152 valence electrons. The molecule has 9 heteroatoms. The van der Waals surface area contributed by atoms with Gasteiger partial charge in [-0.3, -0.25) is 0 Å². The number of piperazine rings is 1. The number of sulfonamides is 1. The fraction of sp³-hybridized carbons (Fsp3) is 0.421. The molecular formula is C19H22F3N3O2S. The summed E-state index contributed by atoms with van der Waals surface area (Å²) in [6, 6.07) is 6.01. The molecule has 2 aromatic rings. The van der Waals surface area contributed by atoms with E-state index in [-0.39, 0.29) is 13.1 Å². The van der Waals surface area contributed by atoms with Gasteiger partial charge < -0.3 is 4.90 Å². The Bertz CT molecular complexity index is 942. The molecule has 1 saturated heterocycles. The van der Waals surface area contributed by atoms with Crippen molar-refractivity contribution in [1.82, 2.24) is 9.29 Å². The Balaban J connectivity index is 1.75. The summed E-state index contributed by atoms with van der Waals surface area (Å²) in [5.74, 6) is 0.410. The Morgan fingerprint density at radius 2 is 1.54 bits per heavy atom. The first-order valence-electron chi connectivity index (χ1n) is 8.86. The first kappa shape index (κ1) is 20.6. The Hall–Kier alpha value is -2.13. The van der Waals surface area contributed by atoms with Crippen molar-refractivity contribution in [3.05, 3.63) is 52.7 Å². The van der Waals surface area contributed by atoms with E-state index in [1.54, 1.807) is 18.7 Å². The van der Waals surface area contributed by atoms with Crippen LogP contribution in [0.4, 0.5) is 19.0 Å². The maximum absolute atomic E-state index is 13.1. The van der Waals surface area contributed by atoms with E-state index in [0.717, 1.165) is 17.8 Å².